The number of aliphatic hydroxyl groups is 1. The molecule has 3 N–H and O–H groups in total. The van der Waals surface area contributed by atoms with Crippen molar-refractivity contribution in [3.63, 3.8) is 0 Å². The van der Waals surface area contributed by atoms with Crippen LogP contribution in [0.2, 0.25) is 0 Å². The van der Waals surface area contributed by atoms with Crippen LogP contribution in [0, 0.1) is 0 Å². The van der Waals surface area contributed by atoms with Gasteiger partial charge in [0, 0.05) is 19.6 Å². The van der Waals surface area contributed by atoms with E-state index in [9.17, 15) is 5.11 Å². The molecule has 19 heavy (non-hydrogen) atoms. The summed E-state index contributed by atoms with van der Waals surface area (Å²) in [6.07, 6.45) is 0.936. The van der Waals surface area contributed by atoms with E-state index in [-0.39, 0.29) is 0 Å². The Labute approximate surface area is 116 Å². The van der Waals surface area contributed by atoms with Gasteiger partial charge in [-0.2, -0.15) is 0 Å². The smallest absolute Gasteiger partial charge is 0.119 e. The van der Waals surface area contributed by atoms with Crippen molar-refractivity contribution in [2.75, 3.05) is 26.7 Å². The van der Waals surface area contributed by atoms with Gasteiger partial charge in [0.25, 0.3) is 0 Å². The van der Waals surface area contributed by atoms with Crippen LogP contribution in [0.25, 0.3) is 0 Å². The second-order valence-electron chi connectivity index (χ2n) is 5.60. The lowest BCUT2D eigenvalue weighted by Gasteiger charge is -2.25. The molecule has 0 atom stereocenters. The number of benzene rings is 1. The number of rotatable bonds is 8. The standard InChI is InChI=1S/C15H26N2O2/c1-15(2,18)12-17(3)9-4-10-19-14-7-5-13(11-16)6-8-14/h5-8,18H,4,9-12,16H2,1-3H3. The third-order valence-corrected chi connectivity index (χ3v) is 2.77. The van der Waals surface area contributed by atoms with Crippen LogP contribution in [0.1, 0.15) is 25.8 Å². The summed E-state index contributed by atoms with van der Waals surface area (Å²) in [5, 5.41) is 9.69. The van der Waals surface area contributed by atoms with Crippen LogP contribution in [0.15, 0.2) is 24.3 Å². The molecule has 1 rings (SSSR count). The normalized spacial score (nSPS) is 11.9. The minimum atomic E-state index is -0.645. The van der Waals surface area contributed by atoms with E-state index >= 15 is 0 Å². The summed E-state index contributed by atoms with van der Waals surface area (Å²) in [6, 6.07) is 7.86. The summed E-state index contributed by atoms with van der Waals surface area (Å²) < 4.78 is 5.66. The molecule has 0 amide bonds. The Morgan fingerprint density at radius 1 is 1.26 bits per heavy atom. The lowest BCUT2D eigenvalue weighted by atomic mass is 10.1. The molecule has 0 saturated heterocycles. The molecule has 4 heteroatoms. The molecule has 0 aliphatic rings. The van der Waals surface area contributed by atoms with Crippen molar-refractivity contribution in [3.8, 4) is 5.75 Å². The molecular formula is C15H26N2O2. The highest BCUT2D eigenvalue weighted by Gasteiger charge is 2.14. The quantitative estimate of drug-likeness (QED) is 0.702. The minimum Gasteiger partial charge on any atom is -0.494 e. The van der Waals surface area contributed by atoms with Crippen LogP contribution >= 0.6 is 0 Å². The average Bonchev–Trinajstić information content (AvgIpc) is 2.33. The third-order valence-electron chi connectivity index (χ3n) is 2.77. The number of nitrogens with zero attached hydrogens (tertiary/aromatic N) is 1. The maximum absolute atomic E-state index is 9.69. The third kappa shape index (κ3) is 7.15. The SMILES string of the molecule is CN(CCCOc1ccc(CN)cc1)CC(C)(C)O. The van der Waals surface area contributed by atoms with Crippen LogP contribution in [0.3, 0.4) is 0 Å². The lowest BCUT2D eigenvalue weighted by molar-refractivity contribution is 0.0433. The Balaban J connectivity index is 2.19. The molecule has 1 aromatic rings. The van der Waals surface area contributed by atoms with E-state index in [4.69, 9.17) is 10.5 Å². The van der Waals surface area contributed by atoms with Gasteiger partial charge >= 0.3 is 0 Å². The van der Waals surface area contributed by atoms with Crippen molar-refractivity contribution in [3.05, 3.63) is 29.8 Å². The highest BCUT2D eigenvalue weighted by molar-refractivity contribution is 5.26. The molecule has 0 bridgehead atoms. The molecule has 0 fully saturated rings. The summed E-state index contributed by atoms with van der Waals surface area (Å²) in [4.78, 5) is 2.11. The summed E-state index contributed by atoms with van der Waals surface area (Å²) in [7, 11) is 2.01. The predicted octanol–water partition coefficient (Wildman–Crippen LogP) is 1.62. The van der Waals surface area contributed by atoms with Gasteiger partial charge in [0.1, 0.15) is 5.75 Å². The van der Waals surface area contributed by atoms with Crippen molar-refractivity contribution in [2.45, 2.75) is 32.4 Å². The molecule has 108 valence electrons. The van der Waals surface area contributed by atoms with Crippen LogP contribution in [-0.4, -0.2) is 42.4 Å². The summed E-state index contributed by atoms with van der Waals surface area (Å²) in [5.74, 6) is 0.877. The highest BCUT2D eigenvalue weighted by Crippen LogP contribution is 2.12. The average molecular weight is 266 g/mol. The van der Waals surface area contributed by atoms with E-state index < -0.39 is 5.60 Å². The molecule has 1 aromatic carbocycles. The van der Waals surface area contributed by atoms with Crippen molar-refractivity contribution in [2.24, 2.45) is 5.73 Å². The van der Waals surface area contributed by atoms with E-state index in [0.29, 0.717) is 19.7 Å². The Morgan fingerprint density at radius 2 is 1.89 bits per heavy atom. The van der Waals surface area contributed by atoms with Gasteiger partial charge < -0.3 is 20.5 Å². The van der Waals surface area contributed by atoms with Crippen molar-refractivity contribution < 1.29 is 9.84 Å². The van der Waals surface area contributed by atoms with E-state index in [2.05, 4.69) is 4.90 Å². The van der Waals surface area contributed by atoms with Crippen molar-refractivity contribution >= 4 is 0 Å². The highest BCUT2D eigenvalue weighted by atomic mass is 16.5. The zero-order valence-electron chi connectivity index (χ0n) is 12.2. The fourth-order valence-electron chi connectivity index (χ4n) is 1.99. The molecule has 0 heterocycles. The first-order valence-corrected chi connectivity index (χ1v) is 6.73. The largest absolute Gasteiger partial charge is 0.494 e. The Kier molecular flexibility index (Phi) is 6.28. The van der Waals surface area contributed by atoms with Gasteiger partial charge in [-0.1, -0.05) is 12.1 Å². The maximum Gasteiger partial charge on any atom is 0.119 e. The van der Waals surface area contributed by atoms with Gasteiger partial charge in [-0.3, -0.25) is 0 Å². The minimum absolute atomic E-state index is 0.558. The summed E-state index contributed by atoms with van der Waals surface area (Å²) in [6.45, 7) is 6.45. The van der Waals surface area contributed by atoms with E-state index in [1.807, 2.05) is 45.2 Å². The molecule has 4 nitrogen and oxygen atoms in total. The van der Waals surface area contributed by atoms with Gasteiger partial charge in [0.15, 0.2) is 0 Å². The molecule has 0 spiro atoms. The Hall–Kier alpha value is -1.10. The molecule has 0 aliphatic carbocycles. The van der Waals surface area contributed by atoms with Crippen LogP contribution < -0.4 is 10.5 Å². The van der Waals surface area contributed by atoms with E-state index in [1.165, 1.54) is 0 Å². The summed E-state index contributed by atoms with van der Waals surface area (Å²) in [5.41, 5.74) is 6.00. The monoisotopic (exact) mass is 266 g/mol. The van der Waals surface area contributed by atoms with Crippen LogP contribution in [-0.2, 0) is 6.54 Å². The first kappa shape index (κ1) is 16.0. The van der Waals surface area contributed by atoms with Gasteiger partial charge in [-0.05, 0) is 45.0 Å². The van der Waals surface area contributed by atoms with Crippen LogP contribution in [0.4, 0.5) is 0 Å². The molecular weight excluding hydrogens is 240 g/mol. The fourth-order valence-corrected chi connectivity index (χ4v) is 1.99. The Morgan fingerprint density at radius 3 is 2.42 bits per heavy atom. The summed E-state index contributed by atoms with van der Waals surface area (Å²) >= 11 is 0. The number of hydrogen-bond donors (Lipinski definition) is 2. The zero-order chi connectivity index (χ0) is 14.3. The second-order valence-corrected chi connectivity index (χ2v) is 5.60. The number of ether oxygens (including phenoxy) is 1. The van der Waals surface area contributed by atoms with Crippen LogP contribution in [0.5, 0.6) is 5.75 Å². The molecule has 0 aliphatic heterocycles. The molecule has 0 saturated carbocycles. The number of nitrogens with two attached hydrogens (primary N) is 1. The molecule has 0 radical (unpaired) electrons. The van der Waals surface area contributed by atoms with Gasteiger partial charge in [-0.15, -0.1) is 0 Å². The predicted molar refractivity (Wildman–Crippen MR) is 78.2 cm³/mol. The maximum atomic E-state index is 9.69. The van der Waals surface area contributed by atoms with Gasteiger partial charge in [0.2, 0.25) is 0 Å². The number of likely N-dealkylation sites (N-methyl/N-ethyl adjacent to an activating group) is 1. The fraction of sp³-hybridized carbons (Fsp3) is 0.600. The van der Waals surface area contributed by atoms with Crippen molar-refractivity contribution in [1.82, 2.24) is 4.90 Å². The number of hydrogen-bond acceptors (Lipinski definition) is 4. The lowest BCUT2D eigenvalue weighted by Crippen LogP contribution is -2.37. The van der Waals surface area contributed by atoms with E-state index in [1.54, 1.807) is 0 Å². The second kappa shape index (κ2) is 7.48. The first-order chi connectivity index (χ1) is 8.90. The topological polar surface area (TPSA) is 58.7 Å². The van der Waals surface area contributed by atoms with E-state index in [0.717, 1.165) is 24.3 Å². The van der Waals surface area contributed by atoms with Crippen molar-refractivity contribution in [1.29, 1.82) is 0 Å². The Bertz CT molecular complexity index is 357. The molecule has 0 aromatic heterocycles. The first-order valence-electron chi connectivity index (χ1n) is 6.73. The van der Waals surface area contributed by atoms with Gasteiger partial charge in [0.05, 0.1) is 12.2 Å². The zero-order valence-corrected chi connectivity index (χ0v) is 12.2. The van der Waals surface area contributed by atoms with Gasteiger partial charge in [-0.25, -0.2) is 0 Å². The molecule has 0 unspecified atom stereocenters.